The quantitative estimate of drug-likeness (QED) is 0.0262. The van der Waals surface area contributed by atoms with Crippen LogP contribution >= 0.6 is 0 Å². The van der Waals surface area contributed by atoms with Crippen LogP contribution in [0.3, 0.4) is 0 Å². The van der Waals surface area contributed by atoms with Crippen molar-refractivity contribution in [1.29, 1.82) is 0 Å². The van der Waals surface area contributed by atoms with Crippen molar-refractivity contribution in [2.45, 2.75) is 297 Å². The van der Waals surface area contributed by atoms with Crippen LogP contribution in [0.15, 0.2) is 60.8 Å². The van der Waals surface area contributed by atoms with Crippen LogP contribution in [0.2, 0.25) is 0 Å². The average Bonchev–Trinajstić information content (AvgIpc) is 3.33. The molecule has 0 aliphatic carbocycles. The second kappa shape index (κ2) is 55.7. The van der Waals surface area contributed by atoms with Gasteiger partial charge in [-0.3, -0.25) is 14.4 Å². The van der Waals surface area contributed by atoms with Crippen molar-refractivity contribution in [3.8, 4) is 0 Å². The van der Waals surface area contributed by atoms with Gasteiger partial charge in [0.2, 0.25) is 0 Å². The summed E-state index contributed by atoms with van der Waals surface area (Å²) in [7, 11) is 0. The van der Waals surface area contributed by atoms with Crippen LogP contribution < -0.4 is 0 Å². The SMILES string of the molecule is CC/C=C\C/C=C\C/C=C\CCCCCCCCCCCC(=O)OCC(COC(=O)CC/C=C\C/C=C\CCCCCCCC)OC(=O)CCCCCCCCCCCCCCCCCCC. The lowest BCUT2D eigenvalue weighted by Gasteiger charge is -2.18. The zero-order valence-corrected chi connectivity index (χ0v) is 44.4. The van der Waals surface area contributed by atoms with E-state index in [-0.39, 0.29) is 37.5 Å². The largest absolute Gasteiger partial charge is 0.462 e. The Kier molecular flexibility index (Phi) is 53.3. The summed E-state index contributed by atoms with van der Waals surface area (Å²) in [5.41, 5.74) is 0. The fourth-order valence-electron chi connectivity index (χ4n) is 8.22. The molecule has 0 saturated carbocycles. The number of hydrogen-bond donors (Lipinski definition) is 0. The van der Waals surface area contributed by atoms with Crippen molar-refractivity contribution in [1.82, 2.24) is 0 Å². The summed E-state index contributed by atoms with van der Waals surface area (Å²) in [5.74, 6) is -0.954. The van der Waals surface area contributed by atoms with Crippen LogP contribution in [-0.4, -0.2) is 37.2 Å². The zero-order valence-electron chi connectivity index (χ0n) is 44.4. The molecule has 0 aliphatic rings. The third-order valence-electron chi connectivity index (χ3n) is 12.5. The minimum absolute atomic E-state index is 0.0916. The monoisotopic (exact) mass is 937 g/mol. The lowest BCUT2D eigenvalue weighted by molar-refractivity contribution is -0.166. The Morgan fingerprint density at radius 2 is 0.612 bits per heavy atom. The molecule has 0 spiro atoms. The summed E-state index contributed by atoms with van der Waals surface area (Å²) in [6, 6.07) is 0. The van der Waals surface area contributed by atoms with Crippen LogP contribution in [0, 0.1) is 0 Å². The van der Waals surface area contributed by atoms with Gasteiger partial charge in [0, 0.05) is 19.3 Å². The molecule has 0 bridgehead atoms. The Hall–Kier alpha value is -2.89. The average molecular weight is 938 g/mol. The first-order chi connectivity index (χ1) is 33.0. The number of carbonyl (C=O) groups excluding carboxylic acids is 3. The van der Waals surface area contributed by atoms with Gasteiger partial charge in [0.15, 0.2) is 6.10 Å². The number of esters is 3. The highest BCUT2D eigenvalue weighted by Gasteiger charge is 2.19. The van der Waals surface area contributed by atoms with Gasteiger partial charge in [-0.25, -0.2) is 0 Å². The summed E-state index contributed by atoms with van der Waals surface area (Å²) in [6.45, 7) is 6.50. The number of hydrogen-bond acceptors (Lipinski definition) is 6. The molecule has 0 heterocycles. The summed E-state index contributed by atoms with van der Waals surface area (Å²) in [5, 5.41) is 0. The molecule has 0 fully saturated rings. The highest BCUT2D eigenvalue weighted by molar-refractivity contribution is 5.71. The molecular weight excluding hydrogens is 829 g/mol. The van der Waals surface area contributed by atoms with E-state index in [9.17, 15) is 14.4 Å². The molecule has 388 valence electrons. The molecule has 0 aromatic heterocycles. The lowest BCUT2D eigenvalue weighted by Crippen LogP contribution is -2.30. The molecular formula is C61H108O6. The van der Waals surface area contributed by atoms with Gasteiger partial charge in [0.1, 0.15) is 13.2 Å². The van der Waals surface area contributed by atoms with Crippen molar-refractivity contribution in [3.05, 3.63) is 60.8 Å². The Morgan fingerprint density at radius 3 is 1.00 bits per heavy atom. The molecule has 0 radical (unpaired) electrons. The molecule has 0 aromatic carbocycles. The first-order valence-electron chi connectivity index (χ1n) is 28.8. The molecule has 0 aromatic rings. The number of unbranched alkanes of at least 4 members (excludes halogenated alkanes) is 31. The fourth-order valence-corrected chi connectivity index (χ4v) is 8.22. The molecule has 6 heteroatoms. The Morgan fingerprint density at radius 1 is 0.313 bits per heavy atom. The van der Waals surface area contributed by atoms with Gasteiger partial charge in [0.05, 0.1) is 0 Å². The number of ether oxygens (including phenoxy) is 3. The van der Waals surface area contributed by atoms with Gasteiger partial charge in [0.25, 0.3) is 0 Å². The second-order valence-corrected chi connectivity index (χ2v) is 19.2. The van der Waals surface area contributed by atoms with Crippen LogP contribution in [0.5, 0.6) is 0 Å². The topological polar surface area (TPSA) is 78.9 Å². The molecule has 0 amide bonds. The molecule has 0 N–H and O–H groups in total. The van der Waals surface area contributed by atoms with Crippen molar-refractivity contribution < 1.29 is 28.6 Å². The molecule has 6 nitrogen and oxygen atoms in total. The van der Waals surface area contributed by atoms with E-state index >= 15 is 0 Å². The van der Waals surface area contributed by atoms with E-state index in [1.807, 2.05) is 6.08 Å². The third kappa shape index (κ3) is 53.9. The van der Waals surface area contributed by atoms with Crippen molar-refractivity contribution in [3.63, 3.8) is 0 Å². The molecule has 1 atom stereocenters. The maximum absolute atomic E-state index is 12.8. The van der Waals surface area contributed by atoms with Crippen LogP contribution in [0.4, 0.5) is 0 Å². The Balaban J connectivity index is 4.38. The highest BCUT2D eigenvalue weighted by Crippen LogP contribution is 2.16. The van der Waals surface area contributed by atoms with E-state index in [0.29, 0.717) is 19.3 Å². The minimum Gasteiger partial charge on any atom is -0.462 e. The highest BCUT2D eigenvalue weighted by atomic mass is 16.6. The van der Waals surface area contributed by atoms with Crippen molar-refractivity contribution in [2.24, 2.45) is 0 Å². The summed E-state index contributed by atoms with van der Waals surface area (Å²) in [6.07, 6.45) is 69.4. The number of allylic oxidation sites excluding steroid dienone is 10. The van der Waals surface area contributed by atoms with E-state index in [1.165, 1.54) is 173 Å². The van der Waals surface area contributed by atoms with Gasteiger partial charge >= 0.3 is 17.9 Å². The summed E-state index contributed by atoms with van der Waals surface area (Å²) >= 11 is 0. The predicted molar refractivity (Wildman–Crippen MR) is 288 cm³/mol. The van der Waals surface area contributed by atoms with Gasteiger partial charge in [-0.15, -0.1) is 0 Å². The van der Waals surface area contributed by atoms with E-state index in [4.69, 9.17) is 14.2 Å². The molecule has 0 saturated heterocycles. The van der Waals surface area contributed by atoms with E-state index < -0.39 is 6.10 Å². The van der Waals surface area contributed by atoms with Crippen LogP contribution in [0.1, 0.15) is 290 Å². The van der Waals surface area contributed by atoms with E-state index in [1.54, 1.807) is 0 Å². The van der Waals surface area contributed by atoms with Crippen molar-refractivity contribution in [2.75, 3.05) is 13.2 Å². The molecule has 0 aliphatic heterocycles. The van der Waals surface area contributed by atoms with Crippen molar-refractivity contribution >= 4 is 17.9 Å². The Labute approximate surface area is 415 Å². The first-order valence-corrected chi connectivity index (χ1v) is 28.8. The van der Waals surface area contributed by atoms with Gasteiger partial charge < -0.3 is 14.2 Å². The minimum atomic E-state index is -0.797. The smallest absolute Gasteiger partial charge is 0.306 e. The van der Waals surface area contributed by atoms with Crippen LogP contribution in [0.25, 0.3) is 0 Å². The maximum atomic E-state index is 12.8. The van der Waals surface area contributed by atoms with Gasteiger partial charge in [-0.1, -0.05) is 261 Å². The lowest BCUT2D eigenvalue weighted by atomic mass is 10.0. The maximum Gasteiger partial charge on any atom is 0.306 e. The van der Waals surface area contributed by atoms with Gasteiger partial charge in [-0.2, -0.15) is 0 Å². The Bertz CT molecular complexity index is 1210. The number of carbonyl (C=O) groups is 3. The fraction of sp³-hybridized carbons (Fsp3) is 0.787. The molecule has 0 rings (SSSR count). The standard InChI is InChI=1S/C61H108O6/c1-4-7-10-13-16-19-22-25-27-29-30-32-33-36-39-42-45-48-51-54-60(63)66-57-58(56-65-59(62)53-50-47-44-41-38-35-24-21-18-15-12-9-6-3)67-61(64)55-52-49-46-43-40-37-34-31-28-26-23-20-17-14-11-8-5-2/h7,10,16,19,25,27,35,38,44,47,58H,4-6,8-9,11-15,17-18,20-24,26,28-34,36-37,39-43,45-46,48-57H2,1-3H3/b10-7-,19-16-,27-25-,38-35-,47-44-. The first kappa shape index (κ1) is 64.1. The molecule has 1 unspecified atom stereocenters. The molecule has 67 heavy (non-hydrogen) atoms. The summed E-state index contributed by atoms with van der Waals surface area (Å²) in [4.78, 5) is 38.1. The van der Waals surface area contributed by atoms with Gasteiger partial charge in [-0.05, 0) is 70.6 Å². The number of rotatable bonds is 52. The van der Waals surface area contributed by atoms with E-state index in [0.717, 1.165) is 70.6 Å². The predicted octanol–water partition coefficient (Wildman–Crippen LogP) is 19.2. The summed E-state index contributed by atoms with van der Waals surface area (Å²) < 4.78 is 16.8. The third-order valence-corrected chi connectivity index (χ3v) is 12.5. The normalized spacial score (nSPS) is 12.5. The second-order valence-electron chi connectivity index (χ2n) is 19.2. The van der Waals surface area contributed by atoms with E-state index in [2.05, 4.69) is 75.5 Å². The zero-order chi connectivity index (χ0) is 48.6. The van der Waals surface area contributed by atoms with Crippen LogP contribution in [-0.2, 0) is 28.6 Å².